The fourth-order valence-corrected chi connectivity index (χ4v) is 6.60. The molecule has 33 heavy (non-hydrogen) atoms. The Morgan fingerprint density at radius 1 is 1.06 bits per heavy atom. The molecule has 4 bridgehead atoms. The Hall–Kier alpha value is -2.04. The van der Waals surface area contributed by atoms with Gasteiger partial charge in [0.2, 0.25) is 5.95 Å². The van der Waals surface area contributed by atoms with Gasteiger partial charge in [-0.15, -0.1) is 0 Å². The van der Waals surface area contributed by atoms with E-state index in [1.54, 1.807) is 0 Å². The molecule has 2 N–H and O–H groups in total. The third-order valence-corrected chi connectivity index (χ3v) is 7.88. The van der Waals surface area contributed by atoms with Crippen molar-refractivity contribution in [3.63, 3.8) is 0 Å². The van der Waals surface area contributed by atoms with Crippen molar-refractivity contribution in [3.05, 3.63) is 17.5 Å². The van der Waals surface area contributed by atoms with Crippen LogP contribution < -0.4 is 5.32 Å². The molecule has 4 saturated carbocycles. The van der Waals surface area contributed by atoms with Gasteiger partial charge in [-0.3, -0.25) is 4.79 Å². The van der Waals surface area contributed by atoms with Crippen molar-refractivity contribution >= 4 is 11.9 Å². The summed E-state index contributed by atoms with van der Waals surface area (Å²) in [6.07, 6.45) is -0.116. The lowest BCUT2D eigenvalue weighted by atomic mass is 9.64. The summed E-state index contributed by atoms with van der Waals surface area (Å²) in [5.74, 6) is -3.50. The number of hydrogen-bond acceptors (Lipinski definition) is 5. The van der Waals surface area contributed by atoms with Crippen LogP contribution in [0.15, 0.2) is 6.20 Å². The number of amides is 1. The molecule has 6 nitrogen and oxygen atoms in total. The summed E-state index contributed by atoms with van der Waals surface area (Å²) in [5.41, 5.74) is -3.27. The van der Waals surface area contributed by atoms with Gasteiger partial charge in [0, 0.05) is 37.7 Å². The topological polar surface area (TPSA) is 78.3 Å². The number of piperidine rings is 1. The van der Waals surface area contributed by atoms with Gasteiger partial charge in [0.1, 0.15) is 0 Å². The molecule has 0 radical (unpaired) electrons. The number of likely N-dealkylation sites (tertiary alicyclic amines) is 1. The van der Waals surface area contributed by atoms with Crippen molar-refractivity contribution in [2.24, 2.45) is 11.8 Å². The Labute approximate surface area is 188 Å². The summed E-state index contributed by atoms with van der Waals surface area (Å²) in [6, 6.07) is 0. The van der Waals surface area contributed by atoms with E-state index < -0.39 is 53.2 Å². The Morgan fingerprint density at radius 2 is 1.70 bits per heavy atom. The number of aromatic nitrogens is 2. The smallest absolute Gasteiger partial charge is 0.390 e. The maximum Gasteiger partial charge on any atom is 0.434 e. The Morgan fingerprint density at radius 3 is 2.30 bits per heavy atom. The van der Waals surface area contributed by atoms with Gasteiger partial charge in [-0.2, -0.15) is 13.2 Å². The first-order valence-corrected chi connectivity index (χ1v) is 11.5. The average Bonchev–Trinajstić information content (AvgIpc) is 2.86. The monoisotopic (exact) mass is 474 g/mol. The lowest BCUT2D eigenvalue weighted by Crippen LogP contribution is -2.47. The molecule has 6 rings (SSSR count). The lowest BCUT2D eigenvalue weighted by Gasteiger charge is -2.47. The Kier molecular flexibility index (Phi) is 5.15. The van der Waals surface area contributed by atoms with Crippen LogP contribution in [0.1, 0.15) is 73.8 Å². The largest absolute Gasteiger partial charge is 0.434 e. The number of aliphatic hydroxyl groups is 1. The van der Waals surface area contributed by atoms with E-state index in [9.17, 15) is 31.9 Å². The molecule has 0 spiro atoms. The second kappa shape index (κ2) is 7.48. The van der Waals surface area contributed by atoms with E-state index in [2.05, 4.69) is 15.3 Å². The van der Waals surface area contributed by atoms with Crippen LogP contribution in [0.25, 0.3) is 0 Å². The van der Waals surface area contributed by atoms with Crippen LogP contribution in [0.3, 0.4) is 0 Å². The van der Waals surface area contributed by atoms with E-state index in [4.69, 9.17) is 0 Å². The third-order valence-electron chi connectivity index (χ3n) is 7.88. The predicted molar refractivity (Wildman–Crippen MR) is 108 cm³/mol. The van der Waals surface area contributed by atoms with Gasteiger partial charge in [-0.05, 0) is 56.8 Å². The Balaban J connectivity index is 1.41. The molecule has 1 aliphatic heterocycles. The first-order chi connectivity index (χ1) is 15.4. The molecule has 1 saturated heterocycles. The van der Waals surface area contributed by atoms with Crippen LogP contribution in [0.4, 0.5) is 27.9 Å². The summed E-state index contributed by atoms with van der Waals surface area (Å²) >= 11 is 0. The molecule has 5 fully saturated rings. The molecule has 182 valence electrons. The van der Waals surface area contributed by atoms with Crippen molar-refractivity contribution in [2.75, 3.05) is 18.4 Å². The molecule has 2 heterocycles. The fourth-order valence-electron chi connectivity index (χ4n) is 6.60. The van der Waals surface area contributed by atoms with Gasteiger partial charge in [-0.25, -0.2) is 18.7 Å². The van der Waals surface area contributed by atoms with E-state index in [0.29, 0.717) is 37.5 Å². The zero-order valence-corrected chi connectivity index (χ0v) is 18.1. The highest BCUT2D eigenvalue weighted by Gasteiger charge is 2.53. The minimum atomic E-state index is -4.91. The van der Waals surface area contributed by atoms with Gasteiger partial charge in [-0.1, -0.05) is 0 Å². The quantitative estimate of drug-likeness (QED) is 0.641. The number of hydrogen-bond donors (Lipinski definition) is 2. The maximum atomic E-state index is 13.9. The molecule has 5 aliphatic rings. The van der Waals surface area contributed by atoms with Crippen LogP contribution in [-0.4, -0.2) is 56.0 Å². The summed E-state index contributed by atoms with van der Waals surface area (Å²) < 4.78 is 68.4. The summed E-state index contributed by atoms with van der Waals surface area (Å²) in [5, 5.41) is 14.0. The van der Waals surface area contributed by atoms with Crippen molar-refractivity contribution in [1.29, 1.82) is 0 Å². The number of carbonyl (C=O) groups excluding carboxylic acids is 1. The minimum absolute atomic E-state index is 0.198. The van der Waals surface area contributed by atoms with Crippen molar-refractivity contribution in [1.82, 2.24) is 14.9 Å². The first-order valence-electron chi connectivity index (χ1n) is 11.5. The maximum absolute atomic E-state index is 13.9. The molecule has 2 unspecified atom stereocenters. The average molecular weight is 474 g/mol. The van der Waals surface area contributed by atoms with E-state index >= 15 is 0 Å². The molecule has 4 aliphatic carbocycles. The normalized spacial score (nSPS) is 35.4. The number of anilines is 1. The van der Waals surface area contributed by atoms with E-state index in [-0.39, 0.29) is 19.0 Å². The number of fused-ring (bicyclic) bond motifs is 1. The molecule has 2 atom stereocenters. The second-order valence-corrected chi connectivity index (χ2v) is 10.5. The SMILES string of the molecule is O=C(c1cnc(NC23CCC4(O)CC(CC(C4)C2)C3)nc1C(F)(F)F)N1CCC(F)(F)CC1. The molecular weight excluding hydrogens is 447 g/mol. The molecule has 0 aromatic carbocycles. The highest BCUT2D eigenvalue weighted by atomic mass is 19.4. The van der Waals surface area contributed by atoms with Crippen molar-refractivity contribution in [3.8, 4) is 0 Å². The highest BCUT2D eigenvalue weighted by Crippen LogP contribution is 2.55. The van der Waals surface area contributed by atoms with Crippen LogP contribution in [0.2, 0.25) is 0 Å². The van der Waals surface area contributed by atoms with Crippen LogP contribution >= 0.6 is 0 Å². The van der Waals surface area contributed by atoms with Gasteiger partial charge >= 0.3 is 6.18 Å². The van der Waals surface area contributed by atoms with Gasteiger partial charge in [0.05, 0.1) is 11.2 Å². The molecule has 1 aromatic rings. The second-order valence-electron chi connectivity index (χ2n) is 10.5. The molecule has 1 amide bonds. The van der Waals surface area contributed by atoms with Gasteiger partial charge in [0.15, 0.2) is 5.69 Å². The van der Waals surface area contributed by atoms with Gasteiger partial charge < -0.3 is 15.3 Å². The Bertz CT molecular complexity index is 929. The van der Waals surface area contributed by atoms with E-state index in [1.807, 2.05) is 0 Å². The van der Waals surface area contributed by atoms with Crippen LogP contribution in [0, 0.1) is 11.8 Å². The van der Waals surface area contributed by atoms with Gasteiger partial charge in [0.25, 0.3) is 11.8 Å². The lowest BCUT2D eigenvalue weighted by molar-refractivity contribution is -0.141. The number of nitrogens with zero attached hydrogens (tertiary/aromatic N) is 3. The van der Waals surface area contributed by atoms with E-state index in [0.717, 1.165) is 30.4 Å². The van der Waals surface area contributed by atoms with Crippen molar-refractivity contribution in [2.45, 2.75) is 81.0 Å². The number of halogens is 5. The number of nitrogens with one attached hydrogen (secondary N) is 1. The fraction of sp³-hybridized carbons (Fsp3) is 0.773. The zero-order valence-electron chi connectivity index (χ0n) is 18.1. The zero-order chi connectivity index (χ0) is 23.6. The third kappa shape index (κ3) is 4.40. The summed E-state index contributed by atoms with van der Waals surface area (Å²) in [4.78, 5) is 21.5. The standard InChI is InChI=1S/C22H27F5N4O2/c23-21(24)3-5-31(6-4-21)17(32)15-12-28-18(29-16(15)22(25,26)27)30-19-1-2-20(33)10-13(8-19)7-14(9-19)11-20/h12-14,33H,1-11H2,(H,28,29,30). The summed E-state index contributed by atoms with van der Waals surface area (Å²) in [7, 11) is 0. The first kappa shape index (κ1) is 22.7. The van der Waals surface area contributed by atoms with E-state index in [1.165, 1.54) is 0 Å². The molecule has 11 heteroatoms. The number of alkyl halides is 5. The predicted octanol–water partition coefficient (Wildman–Crippen LogP) is 4.25. The number of rotatable bonds is 3. The minimum Gasteiger partial charge on any atom is -0.390 e. The van der Waals surface area contributed by atoms with Crippen LogP contribution in [-0.2, 0) is 6.18 Å². The molecule has 1 aromatic heterocycles. The van der Waals surface area contributed by atoms with Crippen molar-refractivity contribution < 1.29 is 31.9 Å². The molecular formula is C22H27F5N4O2. The highest BCUT2D eigenvalue weighted by molar-refractivity contribution is 5.95. The van der Waals surface area contributed by atoms with Crippen LogP contribution in [0.5, 0.6) is 0 Å². The summed E-state index contributed by atoms with van der Waals surface area (Å²) in [6.45, 7) is -0.643. The number of carbonyl (C=O) groups is 1.